The molecule has 0 saturated carbocycles. The van der Waals surface area contributed by atoms with Crippen LogP contribution in [0.25, 0.3) is 0 Å². The van der Waals surface area contributed by atoms with Crippen LogP contribution in [0, 0.1) is 0 Å². The zero-order valence-electron chi connectivity index (χ0n) is 12.3. The molecule has 0 aromatic heterocycles. The number of hydrogen-bond acceptors (Lipinski definition) is 3. The minimum absolute atomic E-state index is 0.0298. The fourth-order valence-corrected chi connectivity index (χ4v) is 4.53. The van der Waals surface area contributed by atoms with Crippen molar-refractivity contribution >= 4 is 10.0 Å². The minimum atomic E-state index is -3.33. The minimum Gasteiger partial charge on any atom is -0.326 e. The molecule has 1 aliphatic rings. The Bertz CT molecular complexity index is 717. The van der Waals surface area contributed by atoms with Gasteiger partial charge in [0.15, 0.2) is 0 Å². The van der Waals surface area contributed by atoms with Crippen LogP contribution in [0.1, 0.15) is 17.0 Å². The second-order valence-electron chi connectivity index (χ2n) is 5.74. The van der Waals surface area contributed by atoms with Crippen molar-refractivity contribution < 1.29 is 8.42 Å². The lowest BCUT2D eigenvalue weighted by Gasteiger charge is -2.16. The molecule has 0 unspecified atom stereocenters. The van der Waals surface area contributed by atoms with Crippen molar-refractivity contribution in [3.63, 3.8) is 0 Å². The van der Waals surface area contributed by atoms with Crippen molar-refractivity contribution in [2.45, 2.75) is 17.7 Å². The van der Waals surface area contributed by atoms with Gasteiger partial charge >= 0.3 is 0 Å². The zero-order chi connectivity index (χ0) is 15.6. The second kappa shape index (κ2) is 6.20. The van der Waals surface area contributed by atoms with E-state index < -0.39 is 10.0 Å². The van der Waals surface area contributed by atoms with E-state index in [1.54, 1.807) is 0 Å². The average molecular weight is 316 g/mol. The van der Waals surface area contributed by atoms with Crippen LogP contribution < -0.4 is 5.73 Å². The predicted molar refractivity (Wildman–Crippen MR) is 87.8 cm³/mol. The van der Waals surface area contributed by atoms with Crippen LogP contribution in [0.15, 0.2) is 60.7 Å². The molecule has 0 bridgehead atoms. The molecule has 3 rings (SSSR count). The third kappa shape index (κ3) is 3.21. The van der Waals surface area contributed by atoms with Crippen LogP contribution in [-0.2, 0) is 15.8 Å². The number of rotatable bonds is 4. The molecule has 0 amide bonds. The molecule has 116 valence electrons. The van der Waals surface area contributed by atoms with Gasteiger partial charge in [-0.1, -0.05) is 60.7 Å². The molecule has 0 radical (unpaired) electrons. The van der Waals surface area contributed by atoms with Gasteiger partial charge in [-0.05, 0) is 11.1 Å². The van der Waals surface area contributed by atoms with Crippen LogP contribution in [0.4, 0.5) is 0 Å². The van der Waals surface area contributed by atoms with E-state index in [2.05, 4.69) is 0 Å². The van der Waals surface area contributed by atoms with Crippen molar-refractivity contribution in [3.8, 4) is 0 Å². The molecule has 1 fully saturated rings. The highest BCUT2D eigenvalue weighted by Crippen LogP contribution is 2.29. The van der Waals surface area contributed by atoms with E-state index in [-0.39, 0.29) is 17.7 Å². The molecule has 5 heteroatoms. The molecular formula is C17H20N2O2S. The molecule has 1 heterocycles. The lowest BCUT2D eigenvalue weighted by Crippen LogP contribution is -2.33. The molecule has 1 saturated heterocycles. The van der Waals surface area contributed by atoms with Gasteiger partial charge in [-0.15, -0.1) is 0 Å². The van der Waals surface area contributed by atoms with E-state index in [1.165, 1.54) is 4.31 Å². The highest BCUT2D eigenvalue weighted by atomic mass is 32.2. The van der Waals surface area contributed by atoms with Gasteiger partial charge in [0.1, 0.15) is 0 Å². The van der Waals surface area contributed by atoms with Crippen molar-refractivity contribution in [2.75, 3.05) is 13.1 Å². The third-order valence-electron chi connectivity index (χ3n) is 4.14. The monoisotopic (exact) mass is 316 g/mol. The first-order valence-electron chi connectivity index (χ1n) is 7.38. The largest absolute Gasteiger partial charge is 0.326 e. The van der Waals surface area contributed by atoms with Crippen molar-refractivity contribution in [1.82, 2.24) is 4.31 Å². The van der Waals surface area contributed by atoms with Gasteiger partial charge in [0.25, 0.3) is 0 Å². The Balaban J connectivity index is 1.76. The van der Waals surface area contributed by atoms with Gasteiger partial charge in [0.05, 0.1) is 5.75 Å². The van der Waals surface area contributed by atoms with Crippen molar-refractivity contribution in [1.29, 1.82) is 0 Å². The highest BCUT2D eigenvalue weighted by molar-refractivity contribution is 7.88. The molecule has 0 spiro atoms. The van der Waals surface area contributed by atoms with E-state index >= 15 is 0 Å². The molecule has 4 nitrogen and oxygen atoms in total. The molecule has 2 N–H and O–H groups in total. The van der Waals surface area contributed by atoms with E-state index in [0.29, 0.717) is 13.1 Å². The van der Waals surface area contributed by atoms with E-state index in [4.69, 9.17) is 5.73 Å². The fraction of sp³-hybridized carbons (Fsp3) is 0.294. The van der Waals surface area contributed by atoms with Gasteiger partial charge in [-0.25, -0.2) is 8.42 Å². The van der Waals surface area contributed by atoms with E-state index in [1.807, 2.05) is 60.7 Å². The van der Waals surface area contributed by atoms with Gasteiger partial charge in [-0.3, -0.25) is 0 Å². The number of hydrogen-bond donors (Lipinski definition) is 1. The zero-order valence-corrected chi connectivity index (χ0v) is 13.1. The van der Waals surface area contributed by atoms with E-state index in [0.717, 1.165) is 11.1 Å². The topological polar surface area (TPSA) is 63.4 Å². The predicted octanol–water partition coefficient (Wildman–Crippen LogP) is 1.94. The second-order valence-corrected chi connectivity index (χ2v) is 7.71. The van der Waals surface area contributed by atoms with Crippen LogP contribution >= 0.6 is 0 Å². The van der Waals surface area contributed by atoms with Crippen LogP contribution in [-0.4, -0.2) is 31.9 Å². The first-order chi connectivity index (χ1) is 10.6. The smallest absolute Gasteiger partial charge is 0.218 e. The molecular weight excluding hydrogens is 296 g/mol. The first kappa shape index (κ1) is 15.2. The lowest BCUT2D eigenvalue weighted by molar-refractivity contribution is 0.469. The Morgan fingerprint density at radius 2 is 1.55 bits per heavy atom. The SMILES string of the molecule is N[C@@H]1CN(S(=O)(=O)Cc2ccccc2)C[C@H]1c1ccccc1. The molecule has 2 aromatic rings. The van der Waals surface area contributed by atoms with Crippen LogP contribution in [0.3, 0.4) is 0 Å². The standard InChI is InChI=1S/C17H20N2O2S/c18-17-12-19(11-16(17)15-9-5-2-6-10-15)22(20,21)13-14-7-3-1-4-8-14/h1-10,16-17H,11-13,18H2/t16-,17+/m0/s1. The maximum absolute atomic E-state index is 12.6. The van der Waals surface area contributed by atoms with Crippen molar-refractivity contribution in [3.05, 3.63) is 71.8 Å². The van der Waals surface area contributed by atoms with Gasteiger partial charge < -0.3 is 5.73 Å². The van der Waals surface area contributed by atoms with Crippen molar-refractivity contribution in [2.24, 2.45) is 5.73 Å². The summed E-state index contributed by atoms with van der Waals surface area (Å²) in [6.45, 7) is 0.842. The number of nitrogens with zero attached hydrogens (tertiary/aromatic N) is 1. The van der Waals surface area contributed by atoms with Gasteiger partial charge in [-0.2, -0.15) is 4.31 Å². The third-order valence-corrected chi connectivity index (χ3v) is 5.93. The summed E-state index contributed by atoms with van der Waals surface area (Å²) < 4.78 is 26.7. The Labute approximate surface area is 131 Å². The Morgan fingerprint density at radius 3 is 2.18 bits per heavy atom. The average Bonchev–Trinajstić information content (AvgIpc) is 2.92. The van der Waals surface area contributed by atoms with Crippen LogP contribution in [0.5, 0.6) is 0 Å². The normalized spacial score (nSPS) is 22.8. The molecule has 2 aromatic carbocycles. The number of benzene rings is 2. The lowest BCUT2D eigenvalue weighted by atomic mass is 9.95. The highest BCUT2D eigenvalue weighted by Gasteiger charge is 2.37. The number of sulfonamides is 1. The molecule has 1 aliphatic heterocycles. The maximum Gasteiger partial charge on any atom is 0.218 e. The van der Waals surface area contributed by atoms with Gasteiger partial charge in [0.2, 0.25) is 10.0 Å². The Hall–Kier alpha value is -1.69. The summed E-state index contributed by atoms with van der Waals surface area (Å²) >= 11 is 0. The first-order valence-corrected chi connectivity index (χ1v) is 8.99. The molecule has 22 heavy (non-hydrogen) atoms. The van der Waals surface area contributed by atoms with Crippen LogP contribution in [0.2, 0.25) is 0 Å². The summed E-state index contributed by atoms with van der Waals surface area (Å²) in [6.07, 6.45) is 0. The molecule has 2 atom stereocenters. The van der Waals surface area contributed by atoms with Gasteiger partial charge in [0, 0.05) is 25.0 Å². The quantitative estimate of drug-likeness (QED) is 0.937. The Kier molecular flexibility index (Phi) is 4.29. The van der Waals surface area contributed by atoms with E-state index in [9.17, 15) is 8.42 Å². The summed E-state index contributed by atoms with van der Waals surface area (Å²) in [5.74, 6) is 0.0916. The maximum atomic E-state index is 12.6. The summed E-state index contributed by atoms with van der Waals surface area (Å²) in [7, 11) is -3.33. The summed E-state index contributed by atoms with van der Waals surface area (Å²) in [6, 6.07) is 19.0. The summed E-state index contributed by atoms with van der Waals surface area (Å²) in [4.78, 5) is 0. The fourth-order valence-electron chi connectivity index (χ4n) is 2.95. The number of nitrogens with two attached hydrogens (primary N) is 1. The summed E-state index contributed by atoms with van der Waals surface area (Å²) in [5, 5.41) is 0. The Morgan fingerprint density at radius 1 is 0.955 bits per heavy atom. The molecule has 0 aliphatic carbocycles. The summed E-state index contributed by atoms with van der Waals surface area (Å²) in [5.41, 5.74) is 8.09.